The second-order valence-corrected chi connectivity index (χ2v) is 24.5. The number of hydrogen-bond donors (Lipinski definition) is 0. The molecule has 17 aromatic rings. The first kappa shape index (κ1) is 50.6. The van der Waals surface area contributed by atoms with Gasteiger partial charge in [-0.25, -0.2) is 0 Å². The standard InChI is InChI=1S/C80H59N7/c1-45-18-26-66-56(35-45)57-36-46(2)19-27-67(57)84(66)77-64(44-81)78(85-68-28-20-47(3)37-58(68)59-38-48(4)21-29-69(59)85)80(87-72-32-24-51(7)41-62(72)63-42-52(8)25-33-73(63)87)75(79(77)86-70-30-22-49(5)39-60(70)61-40-50(6)23-31-71(61)86)53-13-11-14-54(43-53)83-65-16-10-9-15-55(65)76-74(83)17-12-34-82-76/h9-43H,1-8H3. The van der Waals surface area contributed by atoms with Crippen molar-refractivity contribution >= 4 is 109 Å². The van der Waals surface area contributed by atoms with Gasteiger partial charge in [-0.2, -0.15) is 5.26 Å². The topological polar surface area (TPSA) is 61.3 Å². The van der Waals surface area contributed by atoms with E-state index in [1.165, 1.54) is 44.5 Å². The lowest BCUT2D eigenvalue weighted by atomic mass is 9.93. The van der Waals surface area contributed by atoms with Crippen molar-refractivity contribution in [3.05, 3.63) is 263 Å². The van der Waals surface area contributed by atoms with Gasteiger partial charge in [-0.15, -0.1) is 0 Å². The van der Waals surface area contributed by atoms with Crippen LogP contribution >= 0.6 is 0 Å². The molecular weight excluding hydrogens is 1060 g/mol. The Labute approximate surface area is 503 Å². The molecule has 0 spiro atoms. The van der Waals surface area contributed by atoms with E-state index in [4.69, 9.17) is 4.98 Å². The molecule has 0 amide bonds. The van der Waals surface area contributed by atoms with E-state index in [2.05, 4.69) is 284 Å². The molecule has 7 heteroatoms. The molecule has 6 heterocycles. The van der Waals surface area contributed by atoms with Crippen LogP contribution in [0.15, 0.2) is 212 Å². The van der Waals surface area contributed by atoms with Crippen molar-refractivity contribution in [2.45, 2.75) is 55.4 Å². The van der Waals surface area contributed by atoms with E-state index >= 15 is 0 Å². The molecule has 87 heavy (non-hydrogen) atoms. The van der Waals surface area contributed by atoms with Gasteiger partial charge in [0.15, 0.2) is 0 Å². The molecular formula is C80H59N7. The smallest absolute Gasteiger partial charge is 0.104 e. The summed E-state index contributed by atoms with van der Waals surface area (Å²) in [7, 11) is 0. The molecule has 0 aliphatic heterocycles. The summed E-state index contributed by atoms with van der Waals surface area (Å²) in [6, 6.07) is 80.0. The second-order valence-electron chi connectivity index (χ2n) is 24.5. The lowest BCUT2D eigenvalue weighted by molar-refractivity contribution is 1.03. The minimum atomic E-state index is 0.539. The van der Waals surface area contributed by atoms with E-state index in [1.807, 2.05) is 12.3 Å². The van der Waals surface area contributed by atoms with Gasteiger partial charge in [0, 0.05) is 65.9 Å². The minimum absolute atomic E-state index is 0.539. The third-order valence-corrected chi connectivity index (χ3v) is 18.5. The van der Waals surface area contributed by atoms with E-state index in [0.29, 0.717) is 5.56 Å². The highest BCUT2D eigenvalue weighted by molar-refractivity contribution is 6.18. The lowest BCUT2D eigenvalue weighted by Gasteiger charge is -2.29. The zero-order chi connectivity index (χ0) is 58.8. The number of nitrogens with zero attached hydrogens (tertiary/aromatic N) is 7. The van der Waals surface area contributed by atoms with Crippen LogP contribution in [0.3, 0.4) is 0 Å². The first-order valence-corrected chi connectivity index (χ1v) is 30.1. The monoisotopic (exact) mass is 1120 g/mol. The van der Waals surface area contributed by atoms with E-state index in [0.717, 1.165) is 149 Å². The molecule has 0 N–H and O–H groups in total. The fourth-order valence-electron chi connectivity index (χ4n) is 14.8. The average Bonchev–Trinajstić information content (AvgIpc) is 1.66. The summed E-state index contributed by atoms with van der Waals surface area (Å²) in [4.78, 5) is 5.03. The number of nitriles is 1. The van der Waals surface area contributed by atoms with Crippen molar-refractivity contribution in [3.8, 4) is 45.6 Å². The van der Waals surface area contributed by atoms with Crippen LogP contribution < -0.4 is 0 Å². The average molecular weight is 1120 g/mol. The maximum absolute atomic E-state index is 13.2. The van der Waals surface area contributed by atoms with Crippen molar-refractivity contribution in [1.29, 1.82) is 5.26 Å². The molecule has 0 unspecified atom stereocenters. The van der Waals surface area contributed by atoms with Crippen molar-refractivity contribution in [3.63, 3.8) is 0 Å². The van der Waals surface area contributed by atoms with Gasteiger partial charge in [-0.05, 0) is 188 Å². The number of fused-ring (bicyclic) bond motifs is 15. The molecule has 0 aliphatic rings. The van der Waals surface area contributed by atoms with Crippen molar-refractivity contribution < 1.29 is 0 Å². The molecule has 0 bridgehead atoms. The van der Waals surface area contributed by atoms with E-state index in [1.54, 1.807) is 0 Å². The Balaban J connectivity index is 1.22. The highest BCUT2D eigenvalue weighted by Gasteiger charge is 2.35. The van der Waals surface area contributed by atoms with Crippen LogP contribution in [0.1, 0.15) is 50.1 Å². The quantitative estimate of drug-likeness (QED) is 0.167. The van der Waals surface area contributed by atoms with Gasteiger partial charge in [0.1, 0.15) is 11.6 Å². The molecule has 11 aromatic carbocycles. The molecule has 0 radical (unpaired) electrons. The van der Waals surface area contributed by atoms with Crippen LogP contribution in [-0.2, 0) is 0 Å². The molecule has 6 aromatic heterocycles. The Morgan fingerprint density at radius 2 is 0.609 bits per heavy atom. The first-order valence-electron chi connectivity index (χ1n) is 30.1. The SMILES string of the molecule is Cc1ccc2c(c1)c1cc(C)ccc1n2-c1c(C#N)c(-n2c3ccc(C)cc3c3cc(C)ccc32)c(-n2c3ccc(C)cc3c3cc(C)ccc32)c(-c2cccc(-n3c4ccccc4c4ncccc43)c2)c1-n1c2ccc(C)cc2c2cc(C)ccc21. The predicted molar refractivity (Wildman–Crippen MR) is 364 cm³/mol. The number of para-hydroxylation sites is 1. The van der Waals surface area contributed by atoms with Gasteiger partial charge in [0.05, 0.1) is 83.4 Å². The first-order chi connectivity index (χ1) is 42.4. The Kier molecular flexibility index (Phi) is 10.8. The summed E-state index contributed by atoms with van der Waals surface area (Å²) >= 11 is 0. The number of benzene rings is 11. The molecule has 0 saturated heterocycles. The van der Waals surface area contributed by atoms with Gasteiger partial charge in [0.25, 0.3) is 0 Å². The summed E-state index contributed by atoms with van der Waals surface area (Å²) in [6.07, 6.45) is 1.89. The summed E-state index contributed by atoms with van der Waals surface area (Å²) < 4.78 is 12.3. The van der Waals surface area contributed by atoms with Crippen LogP contribution in [0.4, 0.5) is 0 Å². The van der Waals surface area contributed by atoms with Crippen molar-refractivity contribution in [2.24, 2.45) is 0 Å². The largest absolute Gasteiger partial charge is 0.308 e. The highest BCUT2D eigenvalue weighted by atomic mass is 15.1. The van der Waals surface area contributed by atoms with Crippen LogP contribution in [0.5, 0.6) is 0 Å². The third kappa shape index (κ3) is 7.25. The minimum Gasteiger partial charge on any atom is -0.308 e. The Morgan fingerprint density at radius 1 is 0.287 bits per heavy atom. The van der Waals surface area contributed by atoms with Gasteiger partial charge in [-0.3, -0.25) is 4.98 Å². The third-order valence-electron chi connectivity index (χ3n) is 18.5. The molecule has 7 nitrogen and oxygen atoms in total. The summed E-state index contributed by atoms with van der Waals surface area (Å²) in [6.45, 7) is 17.5. The van der Waals surface area contributed by atoms with Gasteiger partial charge in [0.2, 0.25) is 0 Å². The molecule has 0 aliphatic carbocycles. The van der Waals surface area contributed by atoms with E-state index in [-0.39, 0.29) is 0 Å². The molecule has 0 saturated carbocycles. The number of aryl methyl sites for hydroxylation is 8. The summed E-state index contributed by atoms with van der Waals surface area (Å²) in [5, 5.41) is 23.4. The Morgan fingerprint density at radius 3 is 0.966 bits per heavy atom. The Hall–Kier alpha value is -10.9. The van der Waals surface area contributed by atoms with Gasteiger partial charge in [-0.1, -0.05) is 123 Å². The van der Waals surface area contributed by atoms with Crippen LogP contribution in [0, 0.1) is 66.7 Å². The number of rotatable bonds is 6. The lowest BCUT2D eigenvalue weighted by Crippen LogP contribution is -2.16. The number of pyridine rings is 1. The maximum Gasteiger partial charge on any atom is 0.104 e. The van der Waals surface area contributed by atoms with Crippen LogP contribution in [-0.4, -0.2) is 27.8 Å². The molecule has 0 atom stereocenters. The second kappa shape index (κ2) is 18.5. The van der Waals surface area contributed by atoms with Crippen LogP contribution in [0.25, 0.3) is 149 Å². The zero-order valence-electron chi connectivity index (χ0n) is 49.8. The number of hydrogen-bond acceptors (Lipinski definition) is 2. The van der Waals surface area contributed by atoms with Gasteiger partial charge >= 0.3 is 0 Å². The zero-order valence-corrected chi connectivity index (χ0v) is 49.8. The van der Waals surface area contributed by atoms with Crippen molar-refractivity contribution in [2.75, 3.05) is 0 Å². The molecule has 0 fully saturated rings. The van der Waals surface area contributed by atoms with Gasteiger partial charge < -0.3 is 22.8 Å². The fourth-order valence-corrected chi connectivity index (χ4v) is 14.8. The predicted octanol–water partition coefficient (Wildman–Crippen LogP) is 20.6. The van der Waals surface area contributed by atoms with Crippen LogP contribution in [0.2, 0.25) is 0 Å². The Bertz CT molecular complexity index is 5370. The van der Waals surface area contributed by atoms with E-state index < -0.39 is 0 Å². The number of aromatic nitrogens is 6. The molecule has 414 valence electrons. The normalized spacial score (nSPS) is 12.1. The molecule has 17 rings (SSSR count). The van der Waals surface area contributed by atoms with Crippen molar-refractivity contribution in [1.82, 2.24) is 27.8 Å². The fraction of sp³-hybridized carbons (Fsp3) is 0.100. The maximum atomic E-state index is 13.2. The van der Waals surface area contributed by atoms with E-state index in [9.17, 15) is 5.26 Å². The highest BCUT2D eigenvalue weighted by Crippen LogP contribution is 2.53. The summed E-state index contributed by atoms with van der Waals surface area (Å²) in [5.74, 6) is 0. The summed E-state index contributed by atoms with van der Waals surface area (Å²) in [5.41, 5.74) is 27.4.